The van der Waals surface area contributed by atoms with Gasteiger partial charge < -0.3 is 64.6 Å². The van der Waals surface area contributed by atoms with Crippen LogP contribution in [0, 0.1) is 17.8 Å². The summed E-state index contributed by atoms with van der Waals surface area (Å²) < 4.78 is 37.0. The standard InChI is InChI=1S/C23H43N5O5.C18H29N5O9.C6H10O2.CO2/c1-21(2,3)17(12-10-11-15-25-28-24)27-20(31)26-16(19(30)33-23(7,8)9)13-14-18(29)32-22(4,5)6;1-30-8-9-31-11-13-10-23(22-21-13)7-3-2-4-15(32-12-24)20-18(29)19-14(17(27)28)5-6-16(25)26;1-3-4-8-6-5-7-2;2-1-3/h16-17H,10-15H2,1-9H3,(H2,26,27,31);10,12,14-15H,2-9,11H2,1H3,(H,25,26)(H,27,28)(H2,19,20,29);1H,4-6H2,2H3;/t16-,17-;14-,15+;;/m00../s1. The SMILES string of the molecule is C#CCOCCOC.CC(C)(C)OC(=O)CC[C@H](NC(=O)N[C@@H](CCCCN=[N+]=[N-])C(C)(C)C)C(=O)OC(C)(C)C.COCCOCc1cn(CCCC[C@H](NC(=O)N[C@@H](CCC(=O)O)C(=O)O)OC=O)nn1.O=C=O. The summed E-state index contributed by atoms with van der Waals surface area (Å²) in [6, 6.07) is -3.95. The molecule has 28 heteroatoms. The number of hydrogen-bond donors (Lipinski definition) is 6. The van der Waals surface area contributed by atoms with E-state index >= 15 is 0 Å². The lowest BCUT2D eigenvalue weighted by Crippen LogP contribution is -2.53. The molecule has 28 nitrogen and oxygen atoms in total. The van der Waals surface area contributed by atoms with Gasteiger partial charge in [0.05, 0.1) is 39.2 Å². The molecule has 1 heterocycles. The largest absolute Gasteiger partial charge is 0.481 e. The Morgan fingerprint density at radius 3 is 1.88 bits per heavy atom. The van der Waals surface area contributed by atoms with Gasteiger partial charge in [0.2, 0.25) is 0 Å². The number of unbranched alkanes of at least 4 members (excludes halogenated alkanes) is 2. The van der Waals surface area contributed by atoms with Crippen LogP contribution in [0.4, 0.5) is 9.59 Å². The fourth-order valence-corrected chi connectivity index (χ4v) is 5.75. The number of carbonyl (C=O) groups excluding carboxylic acids is 7. The third-order valence-corrected chi connectivity index (χ3v) is 9.22. The molecule has 432 valence electrons. The maximum Gasteiger partial charge on any atom is 0.373 e. The normalized spacial score (nSPS) is 12.3. The van der Waals surface area contributed by atoms with E-state index in [1.807, 2.05) is 20.8 Å². The lowest BCUT2D eigenvalue weighted by molar-refractivity contribution is -0.192. The molecular weight excluding hydrogens is 1000 g/mol. The second-order valence-corrected chi connectivity index (χ2v) is 19.2. The minimum Gasteiger partial charge on any atom is -0.481 e. The van der Waals surface area contributed by atoms with E-state index < -0.39 is 71.9 Å². The number of azide groups is 1. The lowest BCUT2D eigenvalue weighted by atomic mass is 9.84. The molecule has 0 radical (unpaired) electrons. The topological polar surface area (TPSA) is 386 Å². The van der Waals surface area contributed by atoms with Gasteiger partial charge in [0.15, 0.2) is 6.23 Å². The number of carboxylic acid groups (broad SMARTS) is 2. The number of amides is 4. The van der Waals surface area contributed by atoms with E-state index in [1.54, 1.807) is 66.6 Å². The first-order chi connectivity index (χ1) is 35.6. The molecule has 1 aromatic heterocycles. The highest BCUT2D eigenvalue weighted by Gasteiger charge is 2.31. The number of urea groups is 2. The van der Waals surface area contributed by atoms with Gasteiger partial charge in [-0.1, -0.05) is 43.4 Å². The van der Waals surface area contributed by atoms with Crippen molar-refractivity contribution in [3.05, 3.63) is 22.3 Å². The van der Waals surface area contributed by atoms with E-state index in [2.05, 4.69) is 47.5 Å². The van der Waals surface area contributed by atoms with Crippen LogP contribution in [0.25, 0.3) is 10.4 Å². The smallest absolute Gasteiger partial charge is 0.373 e. The lowest BCUT2D eigenvalue weighted by Gasteiger charge is -2.32. The van der Waals surface area contributed by atoms with Crippen LogP contribution in [0.1, 0.15) is 132 Å². The van der Waals surface area contributed by atoms with Crippen molar-refractivity contribution >= 4 is 48.6 Å². The van der Waals surface area contributed by atoms with Crippen molar-refractivity contribution in [3.63, 3.8) is 0 Å². The minimum atomic E-state index is -1.39. The Morgan fingerprint density at radius 1 is 0.789 bits per heavy atom. The fraction of sp³-hybridized carbons (Fsp3) is 0.750. The van der Waals surface area contributed by atoms with Crippen LogP contribution in [-0.4, -0.2) is 163 Å². The Hall–Kier alpha value is -6.88. The summed E-state index contributed by atoms with van der Waals surface area (Å²) in [6.45, 7) is 20.5. The summed E-state index contributed by atoms with van der Waals surface area (Å²) >= 11 is 0. The molecule has 1 aromatic rings. The Balaban J connectivity index is -0.00000117. The molecule has 0 saturated carbocycles. The van der Waals surface area contributed by atoms with Crippen LogP contribution in [0.3, 0.4) is 0 Å². The van der Waals surface area contributed by atoms with Gasteiger partial charge in [-0.3, -0.25) is 19.1 Å². The highest BCUT2D eigenvalue weighted by Crippen LogP contribution is 2.24. The van der Waals surface area contributed by atoms with Gasteiger partial charge in [0, 0.05) is 57.5 Å². The molecule has 4 amide bonds. The van der Waals surface area contributed by atoms with Crippen molar-refractivity contribution in [2.75, 3.05) is 53.8 Å². The Morgan fingerprint density at radius 2 is 1.36 bits per heavy atom. The number of rotatable bonds is 33. The van der Waals surface area contributed by atoms with E-state index in [4.69, 9.17) is 64.9 Å². The van der Waals surface area contributed by atoms with Gasteiger partial charge in [-0.25, -0.2) is 19.2 Å². The zero-order valence-electron chi connectivity index (χ0n) is 45.9. The molecule has 4 atom stereocenters. The molecule has 0 unspecified atom stereocenters. The number of hydrogen-bond acceptors (Lipinski definition) is 19. The summed E-state index contributed by atoms with van der Waals surface area (Å²) in [5.41, 5.74) is 7.46. The van der Waals surface area contributed by atoms with E-state index in [0.717, 1.165) is 12.8 Å². The molecule has 0 aliphatic carbocycles. The molecule has 6 N–H and O–H groups in total. The first kappa shape index (κ1) is 73.4. The highest BCUT2D eigenvalue weighted by molar-refractivity contribution is 5.85. The third kappa shape index (κ3) is 45.7. The van der Waals surface area contributed by atoms with Gasteiger partial charge in [0.1, 0.15) is 35.6 Å². The molecule has 76 heavy (non-hydrogen) atoms. The number of terminal acetylenes is 1. The van der Waals surface area contributed by atoms with E-state index in [-0.39, 0.29) is 49.8 Å². The number of carbonyl (C=O) groups is 7. The number of methoxy groups -OCH3 is 2. The highest BCUT2D eigenvalue weighted by atomic mass is 16.6. The molecule has 0 spiro atoms. The van der Waals surface area contributed by atoms with E-state index in [0.29, 0.717) is 77.7 Å². The van der Waals surface area contributed by atoms with Gasteiger partial charge >= 0.3 is 42.1 Å². The van der Waals surface area contributed by atoms with Gasteiger partial charge in [-0.05, 0) is 91.0 Å². The van der Waals surface area contributed by atoms with Crippen molar-refractivity contribution < 1.29 is 86.5 Å². The maximum absolute atomic E-state index is 12.8. The van der Waals surface area contributed by atoms with Crippen molar-refractivity contribution in [3.8, 4) is 12.3 Å². The van der Waals surface area contributed by atoms with Crippen LogP contribution < -0.4 is 21.3 Å². The monoisotopic (exact) mass is 1090 g/mol. The number of nitrogens with zero attached hydrogens (tertiary/aromatic N) is 6. The molecule has 0 fully saturated rings. The molecule has 0 bridgehead atoms. The van der Waals surface area contributed by atoms with Crippen LogP contribution in [0.2, 0.25) is 0 Å². The summed E-state index contributed by atoms with van der Waals surface area (Å²) in [5, 5.41) is 39.4. The first-order valence-electron chi connectivity index (χ1n) is 24.2. The summed E-state index contributed by atoms with van der Waals surface area (Å²) in [7, 11) is 3.21. The van der Waals surface area contributed by atoms with E-state index in [1.165, 1.54) is 0 Å². The van der Waals surface area contributed by atoms with E-state index in [9.17, 15) is 33.6 Å². The van der Waals surface area contributed by atoms with Gasteiger partial charge in [0.25, 0.3) is 6.47 Å². The van der Waals surface area contributed by atoms with Crippen molar-refractivity contribution in [2.24, 2.45) is 10.5 Å². The van der Waals surface area contributed by atoms with Crippen LogP contribution in [0.15, 0.2) is 11.3 Å². The average Bonchev–Trinajstić information content (AvgIpc) is 3.76. The number of ether oxygens (including phenoxy) is 7. The number of aromatic nitrogens is 3. The van der Waals surface area contributed by atoms with Gasteiger partial charge in [-0.2, -0.15) is 9.59 Å². The number of carboxylic acids is 2. The third-order valence-electron chi connectivity index (χ3n) is 9.22. The zero-order valence-corrected chi connectivity index (χ0v) is 45.9. The van der Waals surface area contributed by atoms with Crippen molar-refractivity contribution in [1.29, 1.82) is 0 Å². The Labute approximate surface area is 444 Å². The summed E-state index contributed by atoms with van der Waals surface area (Å²) in [6.07, 6.45) is 8.90. The molecule has 0 aliphatic heterocycles. The number of esters is 2. The number of aliphatic carboxylic acids is 2. The molecule has 0 saturated heterocycles. The van der Waals surface area contributed by atoms with Crippen LogP contribution >= 0.6 is 0 Å². The molecule has 0 aromatic carbocycles. The molecule has 1 rings (SSSR count). The Bertz CT molecular complexity index is 1950. The average molecular weight is 1090 g/mol. The fourth-order valence-electron chi connectivity index (χ4n) is 5.75. The summed E-state index contributed by atoms with van der Waals surface area (Å²) in [5.74, 6) is -1.26. The number of nitrogens with one attached hydrogen (secondary N) is 4. The second-order valence-electron chi connectivity index (χ2n) is 19.2. The Kier molecular flexibility index (Phi) is 41.9. The van der Waals surface area contributed by atoms with Crippen molar-refractivity contribution in [2.45, 2.75) is 175 Å². The van der Waals surface area contributed by atoms with Crippen molar-refractivity contribution in [1.82, 2.24) is 36.3 Å². The zero-order chi connectivity index (χ0) is 58.6. The first-order valence-corrected chi connectivity index (χ1v) is 24.2. The molecular formula is C48H82N10O18. The van der Waals surface area contributed by atoms with Crippen LogP contribution in [-0.2, 0) is 79.9 Å². The quantitative estimate of drug-likeness (QED) is 0.00652. The summed E-state index contributed by atoms with van der Waals surface area (Å²) in [4.78, 5) is 101. The number of aryl methyl sites for hydroxylation is 1. The second kappa shape index (κ2) is 43.4. The van der Waals surface area contributed by atoms with Crippen LogP contribution in [0.5, 0.6) is 0 Å². The molecule has 0 aliphatic rings. The maximum atomic E-state index is 12.8. The minimum absolute atomic E-state index is 0.0381. The predicted molar refractivity (Wildman–Crippen MR) is 270 cm³/mol. The predicted octanol–water partition coefficient (Wildman–Crippen LogP) is 4.44. The van der Waals surface area contributed by atoms with Gasteiger partial charge in [-0.15, -0.1) is 11.5 Å².